The van der Waals surface area contributed by atoms with E-state index in [1.54, 1.807) is 18.0 Å². The van der Waals surface area contributed by atoms with Gasteiger partial charge in [-0.25, -0.2) is 4.98 Å². The summed E-state index contributed by atoms with van der Waals surface area (Å²) in [6.45, 7) is 1.58. The van der Waals surface area contributed by atoms with Crippen LogP contribution < -0.4 is 11.1 Å². The second-order valence-electron chi connectivity index (χ2n) is 5.88. The van der Waals surface area contributed by atoms with Crippen molar-refractivity contribution in [3.05, 3.63) is 59.3 Å². The summed E-state index contributed by atoms with van der Waals surface area (Å²) in [4.78, 5) is 15.8. The van der Waals surface area contributed by atoms with Crippen molar-refractivity contribution >= 4 is 17.7 Å². The molecule has 2 aromatic rings. The van der Waals surface area contributed by atoms with Gasteiger partial charge in [-0.3, -0.25) is 4.79 Å². The molecule has 0 fully saturated rings. The van der Waals surface area contributed by atoms with Gasteiger partial charge in [0, 0.05) is 25.0 Å². The summed E-state index contributed by atoms with van der Waals surface area (Å²) < 4.78 is 0. The molecule has 1 aromatic carbocycles. The van der Waals surface area contributed by atoms with E-state index >= 15 is 0 Å². The quantitative estimate of drug-likeness (QED) is 0.523. The molecule has 3 rings (SSSR count). The number of rotatable bonds is 7. The van der Waals surface area contributed by atoms with Crippen molar-refractivity contribution in [2.24, 2.45) is 5.73 Å². The fourth-order valence-corrected chi connectivity index (χ4v) is 3.78. The molecule has 0 saturated heterocycles. The van der Waals surface area contributed by atoms with Crippen LogP contribution >= 0.6 is 11.8 Å². The van der Waals surface area contributed by atoms with Crippen LogP contribution in [0.2, 0.25) is 0 Å². The molecular weight excluding hydrogens is 322 g/mol. The largest absolute Gasteiger partial charge is 0.392 e. The molecule has 0 radical (unpaired) electrons. The maximum absolute atomic E-state index is 11.6. The van der Waals surface area contributed by atoms with Gasteiger partial charge in [0.1, 0.15) is 0 Å². The van der Waals surface area contributed by atoms with Crippen LogP contribution in [0.3, 0.4) is 0 Å². The first-order valence-corrected chi connectivity index (χ1v) is 8.97. The van der Waals surface area contributed by atoms with Gasteiger partial charge in [0.2, 0.25) is 5.91 Å². The molecule has 1 aromatic heterocycles. The third-order valence-corrected chi connectivity index (χ3v) is 5.11. The highest BCUT2D eigenvalue weighted by atomic mass is 32.2. The molecule has 1 aliphatic carbocycles. The number of hydrogen-bond donors (Lipinski definition) is 3. The minimum atomic E-state index is -0.699. The molecule has 1 aliphatic rings. The molecule has 6 heteroatoms. The number of thioether (sulfide) groups is 1. The van der Waals surface area contributed by atoms with Crippen molar-refractivity contribution in [2.75, 3.05) is 12.3 Å². The van der Waals surface area contributed by atoms with E-state index in [1.165, 1.54) is 0 Å². The lowest BCUT2D eigenvalue weighted by Gasteiger charge is -2.12. The number of fused-ring (bicyclic) bond motifs is 1. The lowest BCUT2D eigenvalue weighted by atomic mass is 9.97. The van der Waals surface area contributed by atoms with Crippen molar-refractivity contribution in [1.82, 2.24) is 10.3 Å². The first-order chi connectivity index (χ1) is 11.6. The summed E-state index contributed by atoms with van der Waals surface area (Å²) in [5, 5.41) is 14.4. The zero-order valence-electron chi connectivity index (χ0n) is 13.3. The standard InChI is InChI=1S/C18H21N3O2S/c19-18(23)17-14-9-12(4-5-13(14)10-15(17)22)11-20-7-8-24-16-3-1-2-6-21-16/h1-6,9,15,17,20,22H,7-8,10-11H2,(H2,19,23)/t15-,17-/m1/s1. The fourth-order valence-electron chi connectivity index (χ4n) is 3.02. The summed E-state index contributed by atoms with van der Waals surface area (Å²) in [6, 6.07) is 11.9. The van der Waals surface area contributed by atoms with Crippen LogP contribution in [-0.2, 0) is 17.8 Å². The highest BCUT2D eigenvalue weighted by molar-refractivity contribution is 7.99. The Morgan fingerprint density at radius 3 is 3.00 bits per heavy atom. The van der Waals surface area contributed by atoms with E-state index in [2.05, 4.69) is 10.3 Å². The minimum Gasteiger partial charge on any atom is -0.392 e. The maximum atomic E-state index is 11.6. The number of benzene rings is 1. The molecule has 0 unspecified atom stereocenters. The Morgan fingerprint density at radius 1 is 1.38 bits per heavy atom. The van der Waals surface area contributed by atoms with Crippen molar-refractivity contribution < 1.29 is 9.90 Å². The minimum absolute atomic E-state index is 0.460. The van der Waals surface area contributed by atoms with Gasteiger partial charge >= 0.3 is 0 Å². The number of nitrogens with one attached hydrogen (secondary N) is 1. The molecule has 0 saturated carbocycles. The Kier molecular flexibility index (Phi) is 5.50. The van der Waals surface area contributed by atoms with Crippen molar-refractivity contribution in [3.8, 4) is 0 Å². The van der Waals surface area contributed by atoms with Crippen LogP contribution in [0.15, 0.2) is 47.6 Å². The number of aliphatic hydroxyl groups is 1. The van der Waals surface area contributed by atoms with Crippen LogP contribution in [0.4, 0.5) is 0 Å². The number of pyridine rings is 1. The zero-order valence-corrected chi connectivity index (χ0v) is 14.1. The normalized spacial score (nSPS) is 19.2. The molecule has 126 valence electrons. The number of hydrogen-bond acceptors (Lipinski definition) is 5. The smallest absolute Gasteiger partial charge is 0.227 e. The van der Waals surface area contributed by atoms with Crippen molar-refractivity contribution in [3.63, 3.8) is 0 Å². The van der Waals surface area contributed by atoms with Crippen LogP contribution in [0.25, 0.3) is 0 Å². The molecule has 1 amide bonds. The van der Waals surface area contributed by atoms with Gasteiger partial charge in [-0.05, 0) is 35.2 Å². The first-order valence-electron chi connectivity index (χ1n) is 7.99. The number of carbonyl (C=O) groups excluding carboxylic acids is 1. The molecule has 24 heavy (non-hydrogen) atoms. The Labute approximate surface area is 145 Å². The van der Waals surface area contributed by atoms with Crippen molar-refractivity contribution in [2.45, 2.75) is 30.0 Å². The van der Waals surface area contributed by atoms with Crippen LogP contribution in [0.5, 0.6) is 0 Å². The van der Waals surface area contributed by atoms with Gasteiger partial charge in [-0.1, -0.05) is 24.3 Å². The Bertz CT molecular complexity index is 709. The molecule has 2 atom stereocenters. The van der Waals surface area contributed by atoms with E-state index in [0.717, 1.165) is 40.6 Å². The third-order valence-electron chi connectivity index (χ3n) is 4.16. The monoisotopic (exact) mass is 343 g/mol. The predicted molar refractivity (Wildman–Crippen MR) is 94.8 cm³/mol. The molecule has 5 nitrogen and oxygen atoms in total. The average molecular weight is 343 g/mol. The molecule has 4 N–H and O–H groups in total. The zero-order chi connectivity index (χ0) is 16.9. The second kappa shape index (κ2) is 7.79. The summed E-state index contributed by atoms with van der Waals surface area (Å²) in [5.74, 6) is -0.109. The van der Waals surface area contributed by atoms with Crippen LogP contribution in [-0.4, -0.2) is 34.4 Å². The number of amides is 1. The summed E-state index contributed by atoms with van der Waals surface area (Å²) in [5.41, 5.74) is 8.41. The summed E-state index contributed by atoms with van der Waals surface area (Å²) in [6.07, 6.45) is 1.59. The fraction of sp³-hybridized carbons (Fsp3) is 0.333. The van der Waals surface area contributed by atoms with Gasteiger partial charge in [0.25, 0.3) is 0 Å². The van der Waals surface area contributed by atoms with Gasteiger partial charge in [-0.15, -0.1) is 11.8 Å². The predicted octanol–water partition coefficient (Wildman–Crippen LogP) is 1.45. The van der Waals surface area contributed by atoms with E-state index < -0.39 is 17.9 Å². The summed E-state index contributed by atoms with van der Waals surface area (Å²) in [7, 11) is 0. The highest BCUT2D eigenvalue weighted by Crippen LogP contribution is 2.33. The van der Waals surface area contributed by atoms with E-state index in [9.17, 15) is 9.90 Å². The SMILES string of the molecule is NC(=O)[C@@H]1c2cc(CNCCSc3ccccn3)ccc2C[C@H]1O. The molecule has 0 spiro atoms. The van der Waals surface area contributed by atoms with E-state index in [4.69, 9.17) is 5.73 Å². The van der Waals surface area contributed by atoms with Crippen LogP contribution in [0, 0.1) is 0 Å². The molecule has 0 bridgehead atoms. The van der Waals surface area contributed by atoms with Gasteiger partial charge in [-0.2, -0.15) is 0 Å². The number of nitrogens with zero attached hydrogens (tertiary/aromatic N) is 1. The average Bonchev–Trinajstić information content (AvgIpc) is 2.90. The highest BCUT2D eigenvalue weighted by Gasteiger charge is 2.35. The third kappa shape index (κ3) is 3.95. The summed E-state index contributed by atoms with van der Waals surface area (Å²) >= 11 is 1.71. The Hall–Kier alpha value is -1.89. The number of nitrogens with two attached hydrogens (primary N) is 1. The number of carbonyl (C=O) groups is 1. The second-order valence-corrected chi connectivity index (χ2v) is 6.99. The maximum Gasteiger partial charge on any atom is 0.227 e. The van der Waals surface area contributed by atoms with Crippen molar-refractivity contribution in [1.29, 1.82) is 0 Å². The van der Waals surface area contributed by atoms with E-state index in [0.29, 0.717) is 6.42 Å². The van der Waals surface area contributed by atoms with Gasteiger partial charge in [0.05, 0.1) is 17.0 Å². The van der Waals surface area contributed by atoms with Gasteiger partial charge < -0.3 is 16.2 Å². The molecular formula is C18H21N3O2S. The molecule has 1 heterocycles. The Balaban J connectivity index is 1.51. The molecule has 0 aliphatic heterocycles. The van der Waals surface area contributed by atoms with Gasteiger partial charge in [0.15, 0.2) is 0 Å². The van der Waals surface area contributed by atoms with Crippen LogP contribution in [0.1, 0.15) is 22.6 Å². The van der Waals surface area contributed by atoms with E-state index in [-0.39, 0.29) is 0 Å². The number of aliphatic hydroxyl groups excluding tert-OH is 1. The Morgan fingerprint density at radius 2 is 2.25 bits per heavy atom. The topological polar surface area (TPSA) is 88.2 Å². The number of aromatic nitrogens is 1. The van der Waals surface area contributed by atoms with E-state index in [1.807, 2.05) is 36.4 Å². The lowest BCUT2D eigenvalue weighted by molar-refractivity contribution is -0.121. The first kappa shape index (κ1) is 17.0. The lowest BCUT2D eigenvalue weighted by Crippen LogP contribution is -2.28. The number of primary amides is 1.